The summed E-state index contributed by atoms with van der Waals surface area (Å²) in [7, 11) is 0. The van der Waals surface area contributed by atoms with Crippen molar-refractivity contribution in [2.45, 2.75) is 280 Å². The number of nitrogens with one attached hydrogen (secondary N) is 1. The van der Waals surface area contributed by atoms with Crippen molar-refractivity contribution in [1.29, 1.82) is 0 Å². The Hall–Kier alpha value is -1.01. The number of unbranched alkanes of at least 4 members (excludes halogenated alkanes) is 26. The van der Waals surface area contributed by atoms with Crippen molar-refractivity contribution in [2.75, 3.05) is 19.8 Å². The number of rotatable bonds is 39. The van der Waals surface area contributed by atoms with E-state index in [9.17, 15) is 45.6 Å². The minimum Gasteiger partial charge on any atom is -0.394 e. The third-order valence-electron chi connectivity index (χ3n) is 12.8. The lowest BCUT2D eigenvalue weighted by molar-refractivity contribution is -0.359. The highest BCUT2D eigenvalue weighted by atomic mass is 16.7. The molecular weight excluding hydrogens is 799 g/mol. The van der Waals surface area contributed by atoms with Crippen LogP contribution in [0, 0.1) is 0 Å². The second-order valence-corrected chi connectivity index (χ2v) is 18.3. The van der Waals surface area contributed by atoms with Crippen molar-refractivity contribution in [3.05, 3.63) is 0 Å². The van der Waals surface area contributed by atoms with Gasteiger partial charge in [0.15, 0.2) is 12.6 Å². The minimum absolute atomic E-state index is 0.229. The van der Waals surface area contributed by atoms with Crippen molar-refractivity contribution in [3.63, 3.8) is 0 Å². The predicted octanol–water partition coefficient (Wildman–Crippen LogP) is 6.22. The summed E-state index contributed by atoms with van der Waals surface area (Å²) in [4.78, 5) is 12.8. The van der Waals surface area contributed by atoms with Crippen LogP contribution >= 0.6 is 0 Å². The molecule has 0 saturated carbocycles. The smallest absolute Gasteiger partial charge is 0.220 e. The summed E-state index contributed by atoms with van der Waals surface area (Å²) >= 11 is 0. The summed E-state index contributed by atoms with van der Waals surface area (Å²) in [5.41, 5.74) is 0. The molecule has 2 fully saturated rings. The highest BCUT2D eigenvalue weighted by molar-refractivity contribution is 5.76. The van der Waals surface area contributed by atoms with Crippen molar-refractivity contribution in [1.82, 2.24) is 5.32 Å². The first-order valence-electron chi connectivity index (χ1n) is 25.3. The summed E-state index contributed by atoms with van der Waals surface area (Å²) in [6, 6.07) is -0.817. The van der Waals surface area contributed by atoms with E-state index in [1.165, 1.54) is 135 Å². The molecule has 0 spiro atoms. The topological polar surface area (TPSA) is 228 Å². The number of hydrogen-bond acceptors (Lipinski definition) is 13. The van der Waals surface area contributed by atoms with Gasteiger partial charge in [-0.1, -0.05) is 187 Å². The Kier molecular flexibility index (Phi) is 33.3. The highest BCUT2D eigenvalue weighted by Crippen LogP contribution is 2.30. The zero-order chi connectivity index (χ0) is 45.4. The number of aliphatic hydroxyl groups is 8. The molecule has 2 aliphatic heterocycles. The zero-order valence-electron chi connectivity index (χ0n) is 38.9. The molecule has 1 amide bonds. The Morgan fingerprint density at radius 1 is 0.516 bits per heavy atom. The van der Waals surface area contributed by atoms with Crippen LogP contribution in [0.1, 0.15) is 206 Å². The quantitative estimate of drug-likeness (QED) is 0.0313. The van der Waals surface area contributed by atoms with Crippen LogP contribution < -0.4 is 5.32 Å². The molecule has 2 heterocycles. The molecule has 0 aromatic carbocycles. The molecule has 2 saturated heterocycles. The molecule has 0 aromatic rings. The molecule has 2 aliphatic rings. The molecule has 12 atom stereocenters. The first kappa shape index (κ1) is 57.1. The molecule has 368 valence electrons. The van der Waals surface area contributed by atoms with Gasteiger partial charge in [0.05, 0.1) is 32.0 Å². The van der Waals surface area contributed by atoms with Crippen LogP contribution in [0.2, 0.25) is 0 Å². The maximum Gasteiger partial charge on any atom is 0.220 e. The minimum atomic E-state index is -1.78. The summed E-state index contributed by atoms with van der Waals surface area (Å²) in [5, 5.41) is 86.2. The normalized spacial score (nSPS) is 27.6. The van der Waals surface area contributed by atoms with Crippen molar-refractivity contribution >= 4 is 5.91 Å². The number of ether oxygens (including phenoxy) is 4. The molecule has 0 aliphatic carbocycles. The van der Waals surface area contributed by atoms with Gasteiger partial charge in [0.2, 0.25) is 5.91 Å². The first-order valence-corrected chi connectivity index (χ1v) is 25.3. The fraction of sp³-hybridized carbons (Fsp3) is 0.979. The molecule has 0 aromatic heterocycles. The Balaban J connectivity index is 1.62. The number of aliphatic hydroxyl groups excluding tert-OH is 8. The van der Waals surface area contributed by atoms with E-state index in [-0.39, 0.29) is 12.5 Å². The van der Waals surface area contributed by atoms with E-state index in [1.807, 2.05) is 6.92 Å². The number of carbonyl (C=O) groups excluding carboxylic acids is 1. The van der Waals surface area contributed by atoms with Crippen LogP contribution in [-0.2, 0) is 23.7 Å². The average molecular weight is 892 g/mol. The van der Waals surface area contributed by atoms with Crippen LogP contribution in [0.3, 0.4) is 0 Å². The van der Waals surface area contributed by atoms with Gasteiger partial charge in [-0.2, -0.15) is 0 Å². The van der Waals surface area contributed by atoms with E-state index in [0.29, 0.717) is 19.3 Å². The second-order valence-electron chi connectivity index (χ2n) is 18.3. The Morgan fingerprint density at radius 3 is 1.37 bits per heavy atom. The molecule has 14 nitrogen and oxygen atoms in total. The van der Waals surface area contributed by atoms with Gasteiger partial charge in [-0.15, -0.1) is 0 Å². The van der Waals surface area contributed by atoms with E-state index in [0.717, 1.165) is 38.5 Å². The van der Waals surface area contributed by atoms with Gasteiger partial charge in [0.1, 0.15) is 48.8 Å². The number of amides is 1. The molecule has 0 radical (unpaired) electrons. The number of hydrogen-bond donors (Lipinski definition) is 9. The first-order chi connectivity index (χ1) is 30.1. The van der Waals surface area contributed by atoms with Gasteiger partial charge >= 0.3 is 0 Å². The van der Waals surface area contributed by atoms with Gasteiger partial charge in [0, 0.05) is 6.42 Å². The van der Waals surface area contributed by atoms with Gasteiger partial charge in [0.25, 0.3) is 0 Å². The van der Waals surface area contributed by atoms with Crippen LogP contribution in [0.15, 0.2) is 0 Å². The van der Waals surface area contributed by atoms with Crippen molar-refractivity contribution < 1.29 is 64.6 Å². The average Bonchev–Trinajstić information content (AvgIpc) is 3.27. The number of carbonyl (C=O) groups is 1. The van der Waals surface area contributed by atoms with Crippen LogP contribution in [0.25, 0.3) is 0 Å². The van der Waals surface area contributed by atoms with E-state index in [4.69, 9.17) is 18.9 Å². The summed E-state index contributed by atoms with van der Waals surface area (Å²) in [6.45, 7) is 2.68. The van der Waals surface area contributed by atoms with Crippen molar-refractivity contribution in [3.8, 4) is 0 Å². The largest absolute Gasteiger partial charge is 0.394 e. The Bertz CT molecular complexity index is 1060. The van der Waals surface area contributed by atoms with E-state index >= 15 is 0 Å². The van der Waals surface area contributed by atoms with Crippen LogP contribution in [-0.4, -0.2) is 140 Å². The predicted molar refractivity (Wildman–Crippen MR) is 240 cm³/mol. The summed E-state index contributed by atoms with van der Waals surface area (Å²) in [5.74, 6) is -0.229. The van der Waals surface area contributed by atoms with Crippen molar-refractivity contribution in [2.24, 2.45) is 0 Å². The third-order valence-corrected chi connectivity index (χ3v) is 12.8. The van der Waals surface area contributed by atoms with Gasteiger partial charge in [-0.3, -0.25) is 4.79 Å². The Morgan fingerprint density at radius 2 is 0.919 bits per heavy atom. The van der Waals surface area contributed by atoms with Crippen LogP contribution in [0.4, 0.5) is 0 Å². The fourth-order valence-corrected chi connectivity index (χ4v) is 8.65. The van der Waals surface area contributed by atoms with Gasteiger partial charge in [-0.05, 0) is 12.8 Å². The standard InChI is InChI=1S/C48H93NO13/c1-3-5-7-8-9-10-11-12-13-14-15-16-17-18-19-20-21-22-23-24-25-26-27-28-30-31-37(52)36(49-40(53)32-29-6-4-2)35-59-47-45(58)43(56)46(39(34-51)61-47)62-48-44(57)42(55)41(54)38(33-50)60-48/h36-39,41-48,50-52,54-58H,3-35H2,1-2H3,(H,49,53). The van der Waals surface area contributed by atoms with E-state index in [1.54, 1.807) is 0 Å². The molecule has 2 rings (SSSR count). The van der Waals surface area contributed by atoms with Crippen LogP contribution in [0.5, 0.6) is 0 Å². The third kappa shape index (κ3) is 23.4. The molecular formula is C48H93NO13. The lowest BCUT2D eigenvalue weighted by Gasteiger charge is -2.46. The van der Waals surface area contributed by atoms with E-state index < -0.39 is 86.8 Å². The molecule has 9 N–H and O–H groups in total. The SMILES string of the molecule is CCCCCCCCCCCCCCCCCCCCCCCCCCCC(O)C(COC1OC(CO)C(OC2OC(CO)C(O)C(O)C2O)C(O)C1O)NC(=O)CCCCC. The summed E-state index contributed by atoms with van der Waals surface area (Å²) in [6.07, 6.45) is 19.5. The molecule has 14 heteroatoms. The van der Waals surface area contributed by atoms with E-state index in [2.05, 4.69) is 12.2 Å². The second kappa shape index (κ2) is 36.2. The molecule has 12 unspecified atom stereocenters. The maximum atomic E-state index is 12.8. The highest BCUT2D eigenvalue weighted by Gasteiger charge is 2.51. The fourth-order valence-electron chi connectivity index (χ4n) is 8.65. The molecule has 62 heavy (non-hydrogen) atoms. The lowest BCUT2D eigenvalue weighted by Crippen LogP contribution is -2.65. The summed E-state index contributed by atoms with van der Waals surface area (Å²) < 4.78 is 22.6. The van der Waals surface area contributed by atoms with Gasteiger partial charge < -0.3 is 65.1 Å². The Labute approximate surface area is 374 Å². The monoisotopic (exact) mass is 892 g/mol. The maximum absolute atomic E-state index is 12.8. The van der Waals surface area contributed by atoms with Gasteiger partial charge in [-0.25, -0.2) is 0 Å². The zero-order valence-corrected chi connectivity index (χ0v) is 38.9. The molecule has 0 bridgehead atoms. The lowest BCUT2D eigenvalue weighted by atomic mass is 9.97.